The Bertz CT molecular complexity index is 264. The molecule has 1 aromatic carbocycles. The minimum Gasteiger partial charge on any atom is -0.313 e. The first-order chi connectivity index (χ1) is 7.18. The molecule has 0 fully saturated rings. The Morgan fingerprint density at radius 2 is 1.73 bits per heavy atom. The first-order valence-electron chi connectivity index (χ1n) is 5.68. The molecular formula is C13H22N2. The van der Waals surface area contributed by atoms with Crippen molar-refractivity contribution in [2.24, 2.45) is 0 Å². The van der Waals surface area contributed by atoms with E-state index in [1.165, 1.54) is 11.1 Å². The minimum absolute atomic E-state index is 0.575. The standard InChI is InChI=1S/C13H22N2/c1-11(2)15-9-8-14-10-13-6-4-12(3)5-7-13/h4-7,11,14-15H,8-10H2,1-3H3. The zero-order valence-corrected chi connectivity index (χ0v) is 10.0. The summed E-state index contributed by atoms with van der Waals surface area (Å²) < 4.78 is 0. The molecule has 0 aliphatic carbocycles. The smallest absolute Gasteiger partial charge is 0.0206 e. The number of aryl methyl sites for hydroxylation is 1. The van der Waals surface area contributed by atoms with Crippen LogP contribution in [0.5, 0.6) is 0 Å². The van der Waals surface area contributed by atoms with Crippen molar-refractivity contribution in [2.75, 3.05) is 13.1 Å². The Labute approximate surface area is 93.1 Å². The SMILES string of the molecule is Cc1ccc(CNCCNC(C)C)cc1. The van der Waals surface area contributed by atoms with Gasteiger partial charge in [0, 0.05) is 25.7 Å². The second kappa shape index (κ2) is 6.59. The van der Waals surface area contributed by atoms with E-state index in [-0.39, 0.29) is 0 Å². The van der Waals surface area contributed by atoms with Crippen LogP contribution in [0.1, 0.15) is 25.0 Å². The van der Waals surface area contributed by atoms with Gasteiger partial charge in [-0.05, 0) is 12.5 Å². The summed E-state index contributed by atoms with van der Waals surface area (Å²) in [6.07, 6.45) is 0. The van der Waals surface area contributed by atoms with E-state index in [0.717, 1.165) is 19.6 Å². The van der Waals surface area contributed by atoms with Crippen LogP contribution in [0.3, 0.4) is 0 Å². The van der Waals surface area contributed by atoms with Gasteiger partial charge in [0.2, 0.25) is 0 Å². The van der Waals surface area contributed by atoms with Gasteiger partial charge in [0.25, 0.3) is 0 Å². The molecule has 0 aromatic heterocycles. The number of benzene rings is 1. The first kappa shape index (κ1) is 12.2. The van der Waals surface area contributed by atoms with Crippen molar-refractivity contribution in [3.63, 3.8) is 0 Å². The molecule has 0 heterocycles. The lowest BCUT2D eigenvalue weighted by Gasteiger charge is -2.09. The lowest BCUT2D eigenvalue weighted by Crippen LogP contribution is -2.31. The van der Waals surface area contributed by atoms with Crippen LogP contribution in [-0.4, -0.2) is 19.1 Å². The molecule has 2 nitrogen and oxygen atoms in total. The van der Waals surface area contributed by atoms with Crippen LogP contribution in [0.25, 0.3) is 0 Å². The fourth-order valence-electron chi connectivity index (χ4n) is 1.39. The molecule has 0 spiro atoms. The fraction of sp³-hybridized carbons (Fsp3) is 0.538. The maximum absolute atomic E-state index is 3.41. The van der Waals surface area contributed by atoms with Crippen molar-refractivity contribution < 1.29 is 0 Å². The molecule has 15 heavy (non-hydrogen) atoms. The largest absolute Gasteiger partial charge is 0.313 e. The van der Waals surface area contributed by atoms with Gasteiger partial charge in [-0.15, -0.1) is 0 Å². The molecular weight excluding hydrogens is 184 g/mol. The lowest BCUT2D eigenvalue weighted by molar-refractivity contribution is 0.555. The highest BCUT2D eigenvalue weighted by atomic mass is 15.0. The maximum atomic E-state index is 3.41. The summed E-state index contributed by atoms with van der Waals surface area (Å²) in [5.74, 6) is 0. The summed E-state index contributed by atoms with van der Waals surface area (Å²) >= 11 is 0. The summed E-state index contributed by atoms with van der Waals surface area (Å²) in [7, 11) is 0. The molecule has 0 aliphatic rings. The lowest BCUT2D eigenvalue weighted by atomic mass is 10.1. The van der Waals surface area contributed by atoms with Crippen molar-refractivity contribution in [2.45, 2.75) is 33.4 Å². The molecule has 1 rings (SSSR count). The van der Waals surface area contributed by atoms with Gasteiger partial charge in [0.1, 0.15) is 0 Å². The summed E-state index contributed by atoms with van der Waals surface area (Å²) in [4.78, 5) is 0. The van der Waals surface area contributed by atoms with Crippen molar-refractivity contribution in [3.05, 3.63) is 35.4 Å². The van der Waals surface area contributed by atoms with E-state index in [4.69, 9.17) is 0 Å². The van der Waals surface area contributed by atoms with E-state index in [2.05, 4.69) is 55.7 Å². The van der Waals surface area contributed by atoms with E-state index in [1.54, 1.807) is 0 Å². The third kappa shape index (κ3) is 5.55. The molecule has 0 aliphatic heterocycles. The fourth-order valence-corrected chi connectivity index (χ4v) is 1.39. The normalized spacial score (nSPS) is 10.9. The van der Waals surface area contributed by atoms with E-state index < -0.39 is 0 Å². The average molecular weight is 206 g/mol. The topological polar surface area (TPSA) is 24.1 Å². The van der Waals surface area contributed by atoms with Crippen molar-refractivity contribution in [3.8, 4) is 0 Å². The second-order valence-electron chi connectivity index (χ2n) is 4.27. The first-order valence-corrected chi connectivity index (χ1v) is 5.68. The van der Waals surface area contributed by atoms with Gasteiger partial charge >= 0.3 is 0 Å². The number of nitrogens with one attached hydrogen (secondary N) is 2. The molecule has 84 valence electrons. The number of hydrogen-bond acceptors (Lipinski definition) is 2. The monoisotopic (exact) mass is 206 g/mol. The highest BCUT2D eigenvalue weighted by Crippen LogP contribution is 2.01. The third-order valence-electron chi connectivity index (χ3n) is 2.30. The van der Waals surface area contributed by atoms with Gasteiger partial charge < -0.3 is 10.6 Å². The highest BCUT2D eigenvalue weighted by Gasteiger charge is 1.93. The molecule has 0 atom stereocenters. The van der Waals surface area contributed by atoms with Crippen LogP contribution in [0, 0.1) is 6.92 Å². The molecule has 0 radical (unpaired) electrons. The molecule has 1 aromatic rings. The van der Waals surface area contributed by atoms with Crippen LogP contribution in [0.15, 0.2) is 24.3 Å². The Morgan fingerprint density at radius 1 is 1.07 bits per heavy atom. The number of hydrogen-bond donors (Lipinski definition) is 2. The van der Waals surface area contributed by atoms with E-state index in [9.17, 15) is 0 Å². The Morgan fingerprint density at radius 3 is 2.33 bits per heavy atom. The van der Waals surface area contributed by atoms with Crippen molar-refractivity contribution in [1.29, 1.82) is 0 Å². The van der Waals surface area contributed by atoms with Crippen LogP contribution < -0.4 is 10.6 Å². The Hall–Kier alpha value is -0.860. The van der Waals surface area contributed by atoms with Gasteiger partial charge in [-0.2, -0.15) is 0 Å². The quantitative estimate of drug-likeness (QED) is 0.696. The van der Waals surface area contributed by atoms with Crippen LogP contribution >= 0.6 is 0 Å². The van der Waals surface area contributed by atoms with Gasteiger partial charge in [0.05, 0.1) is 0 Å². The molecule has 0 saturated carbocycles. The summed E-state index contributed by atoms with van der Waals surface area (Å²) in [5, 5.41) is 6.79. The molecule has 0 saturated heterocycles. The average Bonchev–Trinajstić information content (AvgIpc) is 2.20. The molecule has 0 bridgehead atoms. The molecule has 2 N–H and O–H groups in total. The van der Waals surface area contributed by atoms with Crippen LogP contribution in [0.2, 0.25) is 0 Å². The Kier molecular flexibility index (Phi) is 5.37. The van der Waals surface area contributed by atoms with Crippen LogP contribution in [-0.2, 0) is 6.54 Å². The van der Waals surface area contributed by atoms with Gasteiger partial charge in [-0.1, -0.05) is 43.7 Å². The second-order valence-corrected chi connectivity index (χ2v) is 4.27. The third-order valence-corrected chi connectivity index (χ3v) is 2.30. The molecule has 2 heteroatoms. The molecule has 0 unspecified atom stereocenters. The van der Waals surface area contributed by atoms with Crippen LogP contribution in [0.4, 0.5) is 0 Å². The van der Waals surface area contributed by atoms with E-state index >= 15 is 0 Å². The predicted molar refractivity (Wildman–Crippen MR) is 66.0 cm³/mol. The molecule has 0 amide bonds. The number of rotatable bonds is 6. The summed E-state index contributed by atoms with van der Waals surface area (Å²) in [5.41, 5.74) is 2.67. The zero-order chi connectivity index (χ0) is 11.1. The van der Waals surface area contributed by atoms with E-state index in [0.29, 0.717) is 6.04 Å². The van der Waals surface area contributed by atoms with E-state index in [1.807, 2.05) is 0 Å². The zero-order valence-electron chi connectivity index (χ0n) is 10.0. The van der Waals surface area contributed by atoms with Gasteiger partial charge in [-0.25, -0.2) is 0 Å². The van der Waals surface area contributed by atoms with Crippen molar-refractivity contribution >= 4 is 0 Å². The minimum atomic E-state index is 0.575. The Balaban J connectivity index is 2.12. The highest BCUT2D eigenvalue weighted by molar-refractivity contribution is 5.20. The van der Waals surface area contributed by atoms with Gasteiger partial charge in [0.15, 0.2) is 0 Å². The maximum Gasteiger partial charge on any atom is 0.0206 e. The summed E-state index contributed by atoms with van der Waals surface area (Å²) in [6, 6.07) is 9.24. The predicted octanol–water partition coefficient (Wildman–Crippen LogP) is 2.08. The van der Waals surface area contributed by atoms with Crippen molar-refractivity contribution in [1.82, 2.24) is 10.6 Å². The van der Waals surface area contributed by atoms with Gasteiger partial charge in [-0.3, -0.25) is 0 Å². The summed E-state index contributed by atoms with van der Waals surface area (Å²) in [6.45, 7) is 9.46.